The quantitative estimate of drug-likeness (QED) is 0.140. The molecule has 0 aromatic heterocycles. The summed E-state index contributed by atoms with van der Waals surface area (Å²) in [4.78, 5) is 21.8. The molecular formula is C26H33IO2S7Si2. The van der Waals surface area contributed by atoms with Crippen molar-refractivity contribution < 1.29 is 9.59 Å². The third-order valence-corrected chi connectivity index (χ3v) is 8.27. The van der Waals surface area contributed by atoms with Gasteiger partial charge in [0.15, 0.2) is 11.6 Å². The molecular weight excluding hydrogens is 752 g/mol. The Balaban J connectivity index is -0.000000459. The van der Waals surface area contributed by atoms with Gasteiger partial charge in [0.2, 0.25) is 0 Å². The molecule has 206 valence electrons. The fourth-order valence-electron chi connectivity index (χ4n) is 1.73. The first-order chi connectivity index (χ1) is 17.5. The van der Waals surface area contributed by atoms with Crippen LogP contribution < -0.4 is 0 Å². The lowest BCUT2D eigenvalue weighted by Crippen LogP contribution is -2.16. The zero-order valence-corrected chi connectivity index (χ0v) is 32.6. The Bertz CT molecular complexity index is 1220. The van der Waals surface area contributed by atoms with E-state index >= 15 is 0 Å². The van der Waals surface area contributed by atoms with Crippen LogP contribution >= 0.6 is 22.6 Å². The lowest BCUT2D eigenvalue weighted by atomic mass is 10.1. The molecule has 0 heterocycles. The number of carbonyl (C=O) groups is 2. The number of rotatable bonds is 2. The summed E-state index contributed by atoms with van der Waals surface area (Å²) in [6.45, 7) is 16.2. The molecule has 0 radical (unpaired) electrons. The Kier molecular flexibility index (Phi) is 27.0. The second kappa shape index (κ2) is 24.4. The second-order valence-electron chi connectivity index (χ2n) is 9.30. The molecule has 12 heteroatoms. The fraction of sp³-hybridized carbons (Fsp3) is 0.308. The summed E-state index contributed by atoms with van der Waals surface area (Å²) in [5, 5.41) is 0. The van der Waals surface area contributed by atoms with Crippen molar-refractivity contribution in [1.29, 1.82) is 0 Å². The van der Waals surface area contributed by atoms with Crippen LogP contribution in [0.15, 0.2) is 48.5 Å². The van der Waals surface area contributed by atoms with Crippen LogP contribution in [0.4, 0.5) is 0 Å². The lowest BCUT2D eigenvalue weighted by molar-refractivity contribution is 0.100. The van der Waals surface area contributed by atoms with E-state index in [-0.39, 0.29) is 11.6 Å². The summed E-state index contributed by atoms with van der Waals surface area (Å²) in [6.07, 6.45) is 5.12. The number of hydrogen-bond donors (Lipinski definition) is 0. The van der Waals surface area contributed by atoms with Gasteiger partial charge in [-0.3, -0.25) is 9.59 Å². The molecule has 0 fully saturated rings. The van der Waals surface area contributed by atoms with Gasteiger partial charge in [-0.25, -0.2) is 0 Å². The normalized spacial score (nSPS) is 9.05. The highest BCUT2D eigenvalue weighted by atomic mass is 127. The molecule has 0 aliphatic carbocycles. The standard InChI is InChI=1S/C13H16OSi.C8H7IO.C5H10Si.S4.S3/c1-11(14)13-7-5-12(6-8-13)9-10-15(2,3)4;1-6(10)7-2-4-8(9)5-3-7;1-5-6(2,3)4;1-3-4-2;1-3-2/h5-8H,1-4H3;2-5H,1H3;1H,2-4H3;;. The summed E-state index contributed by atoms with van der Waals surface area (Å²) in [5.41, 5.74) is 8.54. The van der Waals surface area contributed by atoms with Crippen LogP contribution in [0.25, 0.3) is 0 Å². The molecule has 0 aliphatic heterocycles. The average Bonchev–Trinajstić information content (AvgIpc) is 2.84. The third kappa shape index (κ3) is 30.1. The number of hydrogen-bond acceptors (Lipinski definition) is 6. The van der Waals surface area contributed by atoms with Crippen molar-refractivity contribution in [3.63, 3.8) is 0 Å². The van der Waals surface area contributed by atoms with Gasteiger partial charge in [-0.2, -0.15) is 0 Å². The fourth-order valence-corrected chi connectivity index (χ4v) is 2.61. The van der Waals surface area contributed by atoms with E-state index in [1.165, 1.54) is 17.8 Å². The molecule has 2 aromatic carbocycles. The minimum Gasteiger partial charge on any atom is -0.295 e. The molecule has 0 saturated carbocycles. The van der Waals surface area contributed by atoms with E-state index in [1.807, 2.05) is 48.5 Å². The number of carbonyl (C=O) groups excluding carboxylic acids is 2. The van der Waals surface area contributed by atoms with E-state index in [2.05, 4.69) is 124 Å². The maximum Gasteiger partial charge on any atom is 0.159 e. The zero-order chi connectivity index (χ0) is 30.4. The number of terminal acetylenes is 1. The molecule has 0 aliphatic rings. The van der Waals surface area contributed by atoms with E-state index < -0.39 is 16.1 Å². The number of ketones is 2. The van der Waals surface area contributed by atoms with Crippen molar-refractivity contribution in [3.05, 3.63) is 68.8 Å². The van der Waals surface area contributed by atoms with Crippen LogP contribution in [0.2, 0.25) is 39.3 Å². The van der Waals surface area contributed by atoms with Crippen LogP contribution in [-0.4, -0.2) is 27.7 Å². The summed E-state index contributed by atoms with van der Waals surface area (Å²) in [6, 6.07) is 15.0. The predicted molar refractivity (Wildman–Crippen MR) is 200 cm³/mol. The lowest BCUT2D eigenvalue weighted by Gasteiger charge is -2.03. The van der Waals surface area contributed by atoms with Gasteiger partial charge in [0.25, 0.3) is 0 Å². The molecule has 0 amide bonds. The van der Waals surface area contributed by atoms with Crippen LogP contribution in [0.1, 0.15) is 40.1 Å². The molecule has 0 saturated heterocycles. The van der Waals surface area contributed by atoms with Gasteiger partial charge in [-0.15, -0.1) is 17.5 Å². The van der Waals surface area contributed by atoms with Crippen molar-refractivity contribution in [3.8, 4) is 23.4 Å². The molecule has 2 aromatic rings. The zero-order valence-electron chi connectivity index (χ0n) is 22.7. The van der Waals surface area contributed by atoms with Gasteiger partial charge >= 0.3 is 0 Å². The summed E-state index contributed by atoms with van der Waals surface area (Å²) in [5.74, 6) is 3.37. The van der Waals surface area contributed by atoms with E-state index in [0.29, 0.717) is 0 Å². The van der Waals surface area contributed by atoms with Gasteiger partial charge in [0.1, 0.15) is 16.1 Å². The van der Waals surface area contributed by atoms with Crippen LogP contribution in [0.5, 0.6) is 0 Å². The van der Waals surface area contributed by atoms with Gasteiger partial charge in [0.05, 0.1) is 0 Å². The number of Topliss-reactive ketones (excluding diaryl/α,β-unsaturated/α-hetero) is 2. The van der Waals surface area contributed by atoms with Crippen molar-refractivity contribution in [2.75, 3.05) is 0 Å². The average molecular weight is 785 g/mol. The summed E-state index contributed by atoms with van der Waals surface area (Å²) in [7, 11) is 0.852. The van der Waals surface area contributed by atoms with Crippen molar-refractivity contribution >= 4 is 122 Å². The molecule has 0 unspecified atom stereocenters. The first-order valence-corrected chi connectivity index (χ1v) is 25.6. The Morgan fingerprint density at radius 1 is 0.737 bits per heavy atom. The van der Waals surface area contributed by atoms with E-state index in [9.17, 15) is 9.59 Å². The Labute approximate surface area is 273 Å². The van der Waals surface area contributed by atoms with Crippen LogP contribution in [0.3, 0.4) is 0 Å². The Morgan fingerprint density at radius 2 is 1.05 bits per heavy atom. The predicted octanol–water partition coefficient (Wildman–Crippen LogP) is 7.09. The number of benzene rings is 2. The minimum absolute atomic E-state index is 0.0969. The van der Waals surface area contributed by atoms with E-state index in [4.69, 9.17) is 6.42 Å². The maximum absolute atomic E-state index is 11.0. The molecule has 0 atom stereocenters. The first-order valence-electron chi connectivity index (χ1n) is 10.9. The largest absolute Gasteiger partial charge is 0.295 e. The maximum atomic E-state index is 11.0. The van der Waals surface area contributed by atoms with Crippen LogP contribution in [0, 0.1) is 27.0 Å². The summed E-state index contributed by atoms with van der Waals surface area (Å²) < 4.78 is 1.16. The first kappa shape index (κ1) is 42.1. The molecule has 2 rings (SSSR count). The monoisotopic (exact) mass is 784 g/mol. The summed E-state index contributed by atoms with van der Waals surface area (Å²) >= 11 is 19.1. The smallest absolute Gasteiger partial charge is 0.159 e. The minimum atomic E-state index is -1.30. The highest BCUT2D eigenvalue weighted by Gasteiger charge is 2.07. The van der Waals surface area contributed by atoms with E-state index in [1.54, 1.807) is 13.8 Å². The third-order valence-electron chi connectivity index (χ3n) is 3.58. The highest BCUT2D eigenvalue weighted by molar-refractivity contribution is 14.1. The highest BCUT2D eigenvalue weighted by Crippen LogP contribution is 2.07. The number of halogens is 1. The molecule has 0 N–H and O–H groups in total. The Morgan fingerprint density at radius 3 is 1.29 bits per heavy atom. The van der Waals surface area contributed by atoms with Gasteiger partial charge in [0, 0.05) is 91.7 Å². The molecule has 38 heavy (non-hydrogen) atoms. The SMILES string of the molecule is C#C[Si](C)(C)C.CC(=O)c1ccc(C#C[Si](C)(C)C)cc1.CC(=O)c1ccc(I)cc1.S=S=S.S=S=S=S. The van der Waals surface area contributed by atoms with E-state index in [0.717, 1.165) is 29.1 Å². The van der Waals surface area contributed by atoms with Gasteiger partial charge < -0.3 is 0 Å². The molecule has 2 nitrogen and oxygen atoms in total. The van der Waals surface area contributed by atoms with Crippen molar-refractivity contribution in [2.24, 2.45) is 0 Å². The van der Waals surface area contributed by atoms with Gasteiger partial charge in [-0.1, -0.05) is 69.5 Å². The van der Waals surface area contributed by atoms with Crippen LogP contribution in [-0.2, 0) is 71.4 Å². The second-order valence-corrected chi connectivity index (χ2v) is 25.4. The molecule has 0 bridgehead atoms. The molecule has 0 spiro atoms. The topological polar surface area (TPSA) is 34.1 Å². The Hall–Kier alpha value is -0.396. The van der Waals surface area contributed by atoms with Gasteiger partial charge in [-0.05, 0) is 60.7 Å². The van der Waals surface area contributed by atoms with Crippen molar-refractivity contribution in [2.45, 2.75) is 53.1 Å². The van der Waals surface area contributed by atoms with Crippen molar-refractivity contribution in [1.82, 2.24) is 0 Å².